The summed E-state index contributed by atoms with van der Waals surface area (Å²) in [5, 5.41) is 0.603. The fourth-order valence-electron chi connectivity index (χ4n) is 2.68. The number of nitrogens with zero attached hydrogens (tertiary/aromatic N) is 3. The average molecular weight is 357 g/mol. The summed E-state index contributed by atoms with van der Waals surface area (Å²) >= 11 is 1.38. The first-order valence-corrected chi connectivity index (χ1v) is 8.60. The van der Waals surface area contributed by atoms with Crippen molar-refractivity contribution in [3.8, 4) is 0 Å². The second kappa shape index (κ2) is 6.33. The maximum Gasteiger partial charge on any atom is 0.280 e. The van der Waals surface area contributed by atoms with Crippen LogP contribution in [0.3, 0.4) is 0 Å². The molecule has 2 aromatic rings. The van der Waals surface area contributed by atoms with Gasteiger partial charge in [-0.05, 0) is 35.9 Å². The number of hydrogen-bond donors (Lipinski definition) is 0. The minimum atomic E-state index is -0.334. The summed E-state index contributed by atoms with van der Waals surface area (Å²) in [7, 11) is 0. The van der Waals surface area contributed by atoms with E-state index in [0.29, 0.717) is 28.0 Å². The molecule has 4 nitrogen and oxygen atoms in total. The van der Waals surface area contributed by atoms with Crippen LogP contribution in [0.15, 0.2) is 59.2 Å². The Bertz CT molecular complexity index is 895. The first kappa shape index (κ1) is 15.8. The lowest BCUT2D eigenvalue weighted by Crippen LogP contribution is -2.46. The monoisotopic (exact) mass is 357 g/mol. The molecule has 1 amide bonds. The number of rotatable bonds is 2. The topological polar surface area (TPSA) is 35.9 Å². The van der Waals surface area contributed by atoms with E-state index in [9.17, 15) is 13.6 Å². The number of benzene rings is 2. The molecule has 4 rings (SSSR count). The highest BCUT2D eigenvalue weighted by atomic mass is 32.2. The molecule has 2 aliphatic rings. The van der Waals surface area contributed by atoms with Crippen LogP contribution >= 0.6 is 11.8 Å². The number of fused-ring (bicyclic) bond motifs is 1. The van der Waals surface area contributed by atoms with E-state index in [1.807, 2.05) is 0 Å². The molecule has 0 saturated carbocycles. The van der Waals surface area contributed by atoms with Crippen LogP contribution in [0.25, 0.3) is 6.08 Å². The van der Waals surface area contributed by atoms with E-state index < -0.39 is 0 Å². The number of hydrogen-bond acceptors (Lipinski definition) is 4. The summed E-state index contributed by atoms with van der Waals surface area (Å²) in [5.41, 5.74) is 1.45. The zero-order chi connectivity index (χ0) is 17.4. The largest absolute Gasteiger partial charge is 0.341 e. The Labute approximate surface area is 147 Å². The Kier molecular flexibility index (Phi) is 4.01. The first-order chi connectivity index (χ1) is 12.1. The first-order valence-electron chi connectivity index (χ1n) is 7.62. The molecule has 2 aliphatic heterocycles. The van der Waals surface area contributed by atoms with E-state index in [4.69, 9.17) is 0 Å². The van der Waals surface area contributed by atoms with Gasteiger partial charge in [0.15, 0.2) is 5.17 Å². The quantitative estimate of drug-likeness (QED) is 0.770. The van der Waals surface area contributed by atoms with Crippen LogP contribution in [0.4, 0.5) is 14.5 Å². The number of carbonyl (C=O) groups is 1. The molecule has 0 radical (unpaired) electrons. The third-order valence-electron chi connectivity index (χ3n) is 3.94. The molecule has 2 aromatic carbocycles. The molecular weight excluding hydrogens is 344 g/mol. The molecule has 0 bridgehead atoms. The highest BCUT2D eigenvalue weighted by molar-refractivity contribution is 8.14. The summed E-state index contributed by atoms with van der Waals surface area (Å²) in [6.07, 6.45) is 1.63. The number of thioether (sulfide) groups is 1. The van der Waals surface area contributed by atoms with E-state index in [0.717, 1.165) is 0 Å². The van der Waals surface area contributed by atoms with Gasteiger partial charge in [-0.3, -0.25) is 9.69 Å². The molecule has 0 aliphatic carbocycles. The fraction of sp³-hybridized carbons (Fsp3) is 0.111. The molecule has 0 unspecified atom stereocenters. The molecule has 0 aromatic heterocycles. The Hall–Kier alpha value is -2.67. The van der Waals surface area contributed by atoms with Crippen molar-refractivity contribution in [3.05, 3.63) is 71.4 Å². The zero-order valence-corrected chi connectivity index (χ0v) is 13.8. The van der Waals surface area contributed by atoms with Crippen molar-refractivity contribution in [3.63, 3.8) is 0 Å². The number of anilines is 1. The van der Waals surface area contributed by atoms with Gasteiger partial charge in [0.05, 0.1) is 11.6 Å². The summed E-state index contributed by atoms with van der Waals surface area (Å²) in [4.78, 5) is 20.3. The van der Waals surface area contributed by atoms with Gasteiger partial charge >= 0.3 is 0 Å². The molecule has 126 valence electrons. The van der Waals surface area contributed by atoms with Crippen molar-refractivity contribution in [2.75, 3.05) is 17.4 Å². The minimum Gasteiger partial charge on any atom is -0.341 e. The molecular formula is C18H13F2N3OS. The second-order valence-corrected chi connectivity index (χ2v) is 6.53. The van der Waals surface area contributed by atoms with Crippen LogP contribution in [-0.2, 0) is 4.79 Å². The van der Waals surface area contributed by atoms with Crippen LogP contribution in [-0.4, -0.2) is 28.5 Å². The number of amides is 1. The van der Waals surface area contributed by atoms with Crippen LogP contribution in [0.5, 0.6) is 0 Å². The predicted molar refractivity (Wildman–Crippen MR) is 94.9 cm³/mol. The van der Waals surface area contributed by atoms with Crippen molar-refractivity contribution in [1.82, 2.24) is 4.90 Å². The van der Waals surface area contributed by atoms with Gasteiger partial charge in [0.2, 0.25) is 0 Å². The van der Waals surface area contributed by atoms with Crippen molar-refractivity contribution in [1.29, 1.82) is 0 Å². The lowest BCUT2D eigenvalue weighted by Gasteiger charge is -2.34. The van der Waals surface area contributed by atoms with Gasteiger partial charge in [0, 0.05) is 0 Å². The minimum absolute atomic E-state index is 0.242. The van der Waals surface area contributed by atoms with Gasteiger partial charge in [-0.15, -0.1) is 0 Å². The van der Waals surface area contributed by atoms with Crippen molar-refractivity contribution in [2.24, 2.45) is 4.99 Å². The molecule has 0 N–H and O–H groups in total. The lowest BCUT2D eigenvalue weighted by molar-refractivity contribution is -0.122. The Morgan fingerprint density at radius 2 is 1.84 bits per heavy atom. The Morgan fingerprint density at radius 3 is 2.60 bits per heavy atom. The maximum absolute atomic E-state index is 14.0. The Balaban J connectivity index is 1.57. The molecule has 0 spiro atoms. The van der Waals surface area contributed by atoms with Crippen molar-refractivity contribution >= 4 is 34.6 Å². The van der Waals surface area contributed by atoms with E-state index in [2.05, 4.69) is 4.99 Å². The highest BCUT2D eigenvalue weighted by Gasteiger charge is 2.35. The second-order valence-electron chi connectivity index (χ2n) is 5.61. The Morgan fingerprint density at radius 1 is 1.08 bits per heavy atom. The van der Waals surface area contributed by atoms with Crippen LogP contribution in [0.2, 0.25) is 0 Å². The SMILES string of the molecule is O=C1/C(=C/c2ccc(F)cc2)N=C2SCN(c3ccccc3F)CN12. The van der Waals surface area contributed by atoms with Crippen molar-refractivity contribution in [2.45, 2.75) is 0 Å². The standard InChI is InChI=1S/C18H13F2N3OS/c19-13-7-5-12(6-8-13)9-15-17(24)23-10-22(11-25-18(23)21-15)16-4-2-1-3-14(16)20/h1-9H,10-11H2/b15-9-. The fourth-order valence-corrected chi connectivity index (χ4v) is 3.63. The van der Waals surface area contributed by atoms with Crippen LogP contribution in [0.1, 0.15) is 5.56 Å². The molecule has 2 heterocycles. The number of halogens is 2. The van der Waals surface area contributed by atoms with E-state index in [1.54, 1.807) is 41.3 Å². The molecule has 7 heteroatoms. The van der Waals surface area contributed by atoms with Crippen LogP contribution in [0, 0.1) is 11.6 Å². The van der Waals surface area contributed by atoms with E-state index in [1.165, 1.54) is 34.9 Å². The summed E-state index contributed by atoms with van der Waals surface area (Å²) in [6.45, 7) is 0.242. The molecule has 1 fully saturated rings. The summed E-state index contributed by atoms with van der Waals surface area (Å²) in [5.74, 6) is -0.391. The predicted octanol–water partition coefficient (Wildman–Crippen LogP) is 3.67. The summed E-state index contributed by atoms with van der Waals surface area (Å²) < 4.78 is 27.0. The maximum atomic E-state index is 14.0. The normalized spacial score (nSPS) is 18.6. The van der Waals surface area contributed by atoms with Gasteiger partial charge in [-0.1, -0.05) is 36.0 Å². The van der Waals surface area contributed by atoms with E-state index >= 15 is 0 Å². The summed E-state index contributed by atoms with van der Waals surface area (Å²) in [6, 6.07) is 12.3. The molecule has 1 saturated heterocycles. The third-order valence-corrected chi connectivity index (χ3v) is 4.95. The number of carbonyl (C=O) groups excluding carboxylic acids is 1. The van der Waals surface area contributed by atoms with Crippen molar-refractivity contribution < 1.29 is 13.6 Å². The number of amidine groups is 1. The highest BCUT2D eigenvalue weighted by Crippen LogP contribution is 2.31. The van der Waals surface area contributed by atoms with Gasteiger partial charge < -0.3 is 4.90 Å². The average Bonchev–Trinajstić information content (AvgIpc) is 2.93. The smallest absolute Gasteiger partial charge is 0.280 e. The van der Waals surface area contributed by atoms with Gasteiger partial charge in [0.1, 0.15) is 24.0 Å². The number of aliphatic imine (C=N–C) groups is 1. The van der Waals surface area contributed by atoms with E-state index in [-0.39, 0.29) is 24.2 Å². The number of para-hydroxylation sites is 1. The van der Waals surface area contributed by atoms with Gasteiger partial charge in [-0.2, -0.15) is 0 Å². The van der Waals surface area contributed by atoms with Gasteiger partial charge in [-0.25, -0.2) is 13.8 Å². The molecule has 0 atom stereocenters. The van der Waals surface area contributed by atoms with Crippen LogP contribution < -0.4 is 4.90 Å². The molecule has 25 heavy (non-hydrogen) atoms. The zero-order valence-electron chi connectivity index (χ0n) is 13.0. The van der Waals surface area contributed by atoms with Gasteiger partial charge in [0.25, 0.3) is 5.91 Å². The third kappa shape index (κ3) is 3.02. The lowest BCUT2D eigenvalue weighted by atomic mass is 10.2.